The molecule has 1 aromatic carbocycles. The van der Waals surface area contributed by atoms with E-state index in [1.54, 1.807) is 29.2 Å². The topological polar surface area (TPSA) is 136 Å². The molecule has 1 heterocycles. The predicted octanol–water partition coefficient (Wildman–Crippen LogP) is 2.76. The highest BCUT2D eigenvalue weighted by molar-refractivity contribution is 5.74. The van der Waals surface area contributed by atoms with E-state index in [2.05, 4.69) is 18.2 Å². The Morgan fingerprint density at radius 1 is 1.28 bits per heavy atom. The highest BCUT2D eigenvalue weighted by Crippen LogP contribution is 2.54. The van der Waals surface area contributed by atoms with E-state index in [-0.39, 0.29) is 23.7 Å². The van der Waals surface area contributed by atoms with Crippen LogP contribution in [0.4, 0.5) is 0 Å². The fourth-order valence-electron chi connectivity index (χ4n) is 4.52. The molecule has 2 N–H and O–H groups in total. The smallest absolute Gasteiger partial charge is 0.219 e. The quantitative estimate of drug-likeness (QED) is 0.757. The Bertz CT molecular complexity index is 1100. The maximum absolute atomic E-state index is 12.1. The third-order valence-electron chi connectivity index (χ3n) is 6.12. The molecule has 0 fully saturated rings. The number of allylic oxidation sites excluding steroid dienone is 2. The number of ether oxygens (including phenoxy) is 2. The summed E-state index contributed by atoms with van der Waals surface area (Å²) in [6.45, 7) is 4.59. The van der Waals surface area contributed by atoms with Crippen molar-refractivity contribution in [1.82, 2.24) is 4.90 Å². The lowest BCUT2D eigenvalue weighted by Crippen LogP contribution is -2.48. The van der Waals surface area contributed by atoms with Gasteiger partial charge in [0.2, 0.25) is 5.91 Å². The molecule has 1 aliphatic heterocycles. The number of rotatable bonds is 5. The highest BCUT2D eigenvalue weighted by Gasteiger charge is 2.54. The summed E-state index contributed by atoms with van der Waals surface area (Å²) in [5, 5.41) is 30.1. The first-order valence-corrected chi connectivity index (χ1v) is 10.4. The second-order valence-electron chi connectivity index (χ2n) is 7.86. The van der Waals surface area contributed by atoms with Crippen molar-refractivity contribution < 1.29 is 14.3 Å². The fraction of sp³-hybridized carbons (Fsp3) is 0.417. The number of nitrogens with two attached hydrogens (primary N) is 1. The van der Waals surface area contributed by atoms with Crippen LogP contribution in [0.3, 0.4) is 0 Å². The predicted molar refractivity (Wildman–Crippen MR) is 116 cm³/mol. The zero-order valence-electron chi connectivity index (χ0n) is 18.4. The number of amides is 1. The molecule has 2 atom stereocenters. The van der Waals surface area contributed by atoms with Gasteiger partial charge in [0.25, 0.3) is 0 Å². The summed E-state index contributed by atoms with van der Waals surface area (Å²) in [6, 6.07) is 11.6. The Hall–Kier alpha value is -3.96. The Kier molecular flexibility index (Phi) is 6.42. The second kappa shape index (κ2) is 9.04. The number of carbonyl (C=O) groups excluding carboxylic acids is 1. The molecule has 0 unspecified atom stereocenters. The van der Waals surface area contributed by atoms with Crippen LogP contribution in [0.1, 0.15) is 31.7 Å². The number of benzene rings is 1. The Morgan fingerprint density at radius 3 is 2.56 bits per heavy atom. The van der Waals surface area contributed by atoms with Gasteiger partial charge >= 0.3 is 0 Å². The van der Waals surface area contributed by atoms with E-state index in [4.69, 9.17) is 15.2 Å². The molecule has 0 saturated heterocycles. The third-order valence-corrected chi connectivity index (χ3v) is 6.12. The lowest BCUT2D eigenvalue weighted by atomic mass is 9.58. The van der Waals surface area contributed by atoms with Crippen molar-refractivity contribution in [3.8, 4) is 29.7 Å². The number of hydrogen-bond acceptors (Lipinski definition) is 7. The van der Waals surface area contributed by atoms with Crippen molar-refractivity contribution in [2.24, 2.45) is 17.1 Å². The standard InChI is InChI=1S/C24H25N5O3/c1-4-9-32-20-6-5-16(10-21(20)31-3)22-19-12-29(15(2)30)8-7-17(19)18(11-25)23(28)24(22,13-26)14-27/h5-7,10,19,22H,4,8-9,12,28H2,1-3H3/t19-,22-/m0/s1. The van der Waals surface area contributed by atoms with Crippen LogP contribution < -0.4 is 15.2 Å². The Balaban J connectivity index is 2.25. The molecule has 0 bridgehead atoms. The van der Waals surface area contributed by atoms with Crippen LogP contribution in [0.25, 0.3) is 0 Å². The molecule has 3 rings (SSSR count). The number of carbonyl (C=O) groups is 1. The molecule has 0 saturated carbocycles. The van der Waals surface area contributed by atoms with Gasteiger partial charge in [0.15, 0.2) is 16.9 Å². The monoisotopic (exact) mass is 431 g/mol. The molecule has 1 amide bonds. The molecule has 1 aliphatic carbocycles. The number of nitriles is 3. The summed E-state index contributed by atoms with van der Waals surface area (Å²) in [4.78, 5) is 13.7. The third kappa shape index (κ3) is 3.53. The first-order chi connectivity index (χ1) is 15.4. The fourth-order valence-corrected chi connectivity index (χ4v) is 4.52. The summed E-state index contributed by atoms with van der Waals surface area (Å²) in [7, 11) is 1.52. The molecule has 8 heteroatoms. The van der Waals surface area contributed by atoms with Crippen LogP contribution in [0.2, 0.25) is 0 Å². The van der Waals surface area contributed by atoms with Gasteiger partial charge in [0.1, 0.15) is 6.07 Å². The summed E-state index contributed by atoms with van der Waals surface area (Å²) < 4.78 is 11.2. The first kappa shape index (κ1) is 22.7. The van der Waals surface area contributed by atoms with Crippen molar-refractivity contribution >= 4 is 5.91 Å². The molecule has 0 aromatic heterocycles. The number of fused-ring (bicyclic) bond motifs is 1. The van der Waals surface area contributed by atoms with Crippen molar-refractivity contribution in [1.29, 1.82) is 15.8 Å². The van der Waals surface area contributed by atoms with E-state index in [1.807, 2.05) is 6.92 Å². The van der Waals surface area contributed by atoms with Crippen LogP contribution in [0.15, 0.2) is 41.1 Å². The average molecular weight is 431 g/mol. The number of nitrogens with zero attached hydrogens (tertiary/aromatic N) is 4. The van der Waals surface area contributed by atoms with Gasteiger partial charge in [0, 0.05) is 31.8 Å². The summed E-state index contributed by atoms with van der Waals surface area (Å²) in [5.41, 5.74) is 5.95. The zero-order valence-corrected chi connectivity index (χ0v) is 18.4. The maximum Gasteiger partial charge on any atom is 0.219 e. The van der Waals surface area contributed by atoms with Gasteiger partial charge in [0.05, 0.1) is 37.1 Å². The normalized spacial score (nSPS) is 21.4. The number of hydrogen-bond donors (Lipinski definition) is 1. The molecule has 0 radical (unpaired) electrons. The molecule has 8 nitrogen and oxygen atoms in total. The van der Waals surface area contributed by atoms with Gasteiger partial charge in [-0.15, -0.1) is 0 Å². The van der Waals surface area contributed by atoms with Crippen LogP contribution >= 0.6 is 0 Å². The molecule has 1 aromatic rings. The van der Waals surface area contributed by atoms with Crippen LogP contribution in [0.5, 0.6) is 11.5 Å². The minimum Gasteiger partial charge on any atom is -0.493 e. The number of methoxy groups -OCH3 is 1. The SMILES string of the molecule is CCCOc1ccc([C@H]2[C@H]3CN(C(C)=O)CC=C3C(C#N)=C(N)C2(C#N)C#N)cc1OC. The van der Waals surface area contributed by atoms with Gasteiger partial charge < -0.3 is 20.1 Å². The Morgan fingerprint density at radius 2 is 2.00 bits per heavy atom. The van der Waals surface area contributed by atoms with E-state index >= 15 is 0 Å². The molecule has 164 valence electrons. The van der Waals surface area contributed by atoms with Crippen LogP contribution in [-0.2, 0) is 4.79 Å². The van der Waals surface area contributed by atoms with Gasteiger partial charge in [-0.25, -0.2) is 0 Å². The van der Waals surface area contributed by atoms with Gasteiger partial charge in [-0.05, 0) is 29.7 Å². The molecular formula is C24H25N5O3. The van der Waals surface area contributed by atoms with E-state index in [0.29, 0.717) is 35.8 Å². The van der Waals surface area contributed by atoms with Crippen molar-refractivity contribution in [3.05, 3.63) is 46.7 Å². The van der Waals surface area contributed by atoms with Crippen molar-refractivity contribution in [2.75, 3.05) is 26.8 Å². The molecule has 32 heavy (non-hydrogen) atoms. The van der Waals surface area contributed by atoms with Gasteiger partial charge in [-0.1, -0.05) is 19.1 Å². The summed E-state index contributed by atoms with van der Waals surface area (Å²) in [5.74, 6) is -0.266. The van der Waals surface area contributed by atoms with Crippen molar-refractivity contribution in [3.63, 3.8) is 0 Å². The summed E-state index contributed by atoms with van der Waals surface area (Å²) >= 11 is 0. The van der Waals surface area contributed by atoms with Gasteiger partial charge in [-0.3, -0.25) is 4.79 Å². The molecule has 2 aliphatic rings. The van der Waals surface area contributed by atoms with E-state index < -0.39 is 17.3 Å². The molecule has 0 spiro atoms. The van der Waals surface area contributed by atoms with E-state index in [9.17, 15) is 20.6 Å². The largest absolute Gasteiger partial charge is 0.493 e. The average Bonchev–Trinajstić information content (AvgIpc) is 2.81. The van der Waals surface area contributed by atoms with E-state index in [0.717, 1.165) is 6.42 Å². The van der Waals surface area contributed by atoms with Crippen LogP contribution in [0, 0.1) is 45.3 Å². The lowest BCUT2D eigenvalue weighted by Gasteiger charge is -2.45. The van der Waals surface area contributed by atoms with Gasteiger partial charge in [-0.2, -0.15) is 15.8 Å². The lowest BCUT2D eigenvalue weighted by molar-refractivity contribution is -0.129. The summed E-state index contributed by atoms with van der Waals surface area (Å²) in [6.07, 6.45) is 2.62. The first-order valence-electron chi connectivity index (χ1n) is 10.4. The minimum atomic E-state index is -1.77. The molecular weight excluding hydrogens is 406 g/mol. The Labute approximate surface area is 187 Å². The maximum atomic E-state index is 12.1. The zero-order chi connectivity index (χ0) is 23.5. The highest BCUT2D eigenvalue weighted by atomic mass is 16.5. The second-order valence-corrected chi connectivity index (χ2v) is 7.86. The van der Waals surface area contributed by atoms with Crippen LogP contribution in [-0.4, -0.2) is 37.6 Å². The minimum absolute atomic E-state index is 0.0564. The van der Waals surface area contributed by atoms with E-state index in [1.165, 1.54) is 14.0 Å². The van der Waals surface area contributed by atoms with Crippen molar-refractivity contribution in [2.45, 2.75) is 26.2 Å².